The van der Waals surface area contributed by atoms with Gasteiger partial charge in [0.25, 0.3) is 5.91 Å². The van der Waals surface area contributed by atoms with Crippen LogP contribution < -0.4 is 5.32 Å². The van der Waals surface area contributed by atoms with E-state index in [1.165, 1.54) is 5.56 Å². The molecule has 5 nitrogen and oxygen atoms in total. The van der Waals surface area contributed by atoms with Crippen molar-refractivity contribution in [3.05, 3.63) is 65.5 Å². The molecule has 0 saturated carbocycles. The van der Waals surface area contributed by atoms with Crippen LogP contribution in [0, 0.1) is 0 Å². The first-order valence-corrected chi connectivity index (χ1v) is 10.3. The maximum absolute atomic E-state index is 12.6. The average Bonchev–Trinajstić information content (AvgIpc) is 3.08. The van der Waals surface area contributed by atoms with Gasteiger partial charge in [0.15, 0.2) is 11.5 Å². The van der Waals surface area contributed by atoms with Crippen LogP contribution in [-0.4, -0.2) is 27.6 Å². The Bertz CT molecular complexity index is 942. The predicted molar refractivity (Wildman–Crippen MR) is 115 cm³/mol. The van der Waals surface area contributed by atoms with Crippen molar-refractivity contribution in [3.8, 4) is 0 Å². The lowest BCUT2D eigenvalue weighted by Gasteiger charge is -2.19. The number of benzene rings is 2. The molecule has 1 heterocycles. The van der Waals surface area contributed by atoms with E-state index in [1.807, 2.05) is 31.2 Å². The third kappa shape index (κ3) is 6.43. The molecule has 1 amide bonds. The Hall–Kier alpha value is -2.66. The zero-order valence-corrected chi connectivity index (χ0v) is 17.4. The van der Waals surface area contributed by atoms with Crippen molar-refractivity contribution < 1.29 is 14.3 Å². The Labute approximate surface area is 172 Å². The van der Waals surface area contributed by atoms with Crippen LogP contribution in [0.15, 0.2) is 52.9 Å². The third-order valence-electron chi connectivity index (χ3n) is 4.97. The molecular formula is C24H30N2O3. The smallest absolute Gasteiger partial charge is 0.251 e. The van der Waals surface area contributed by atoms with Gasteiger partial charge in [-0.15, -0.1) is 0 Å². The second-order valence-corrected chi connectivity index (χ2v) is 8.35. The monoisotopic (exact) mass is 394 g/mol. The van der Waals surface area contributed by atoms with Crippen LogP contribution in [0.4, 0.5) is 0 Å². The van der Waals surface area contributed by atoms with Crippen LogP contribution in [0.5, 0.6) is 0 Å². The molecule has 154 valence electrons. The summed E-state index contributed by atoms with van der Waals surface area (Å²) in [5, 5.41) is 12.8. The molecule has 0 spiro atoms. The minimum Gasteiger partial charge on any atom is -0.441 e. The summed E-state index contributed by atoms with van der Waals surface area (Å²) < 4.78 is 5.82. The zero-order valence-electron chi connectivity index (χ0n) is 17.4. The summed E-state index contributed by atoms with van der Waals surface area (Å²) in [6.07, 6.45) is 3.98. The number of oxazole rings is 1. The number of carbonyl (C=O) groups is 1. The molecule has 0 aliphatic heterocycles. The molecule has 1 atom stereocenters. The second-order valence-electron chi connectivity index (χ2n) is 8.35. The second kappa shape index (κ2) is 9.23. The highest BCUT2D eigenvalue weighted by atomic mass is 16.3. The fourth-order valence-corrected chi connectivity index (χ4v) is 3.34. The third-order valence-corrected chi connectivity index (χ3v) is 4.97. The van der Waals surface area contributed by atoms with Gasteiger partial charge in [-0.05, 0) is 70.2 Å². The summed E-state index contributed by atoms with van der Waals surface area (Å²) in [7, 11) is 0. The number of hydrogen-bond donors (Lipinski definition) is 2. The van der Waals surface area contributed by atoms with Crippen molar-refractivity contribution in [1.82, 2.24) is 10.3 Å². The summed E-state index contributed by atoms with van der Waals surface area (Å²) in [6.45, 7) is 5.59. The molecule has 29 heavy (non-hydrogen) atoms. The number of nitrogens with zero attached hydrogens (tertiary/aromatic N) is 1. The van der Waals surface area contributed by atoms with E-state index in [0.29, 0.717) is 29.0 Å². The Morgan fingerprint density at radius 2 is 1.93 bits per heavy atom. The van der Waals surface area contributed by atoms with Gasteiger partial charge in [0.1, 0.15) is 5.52 Å². The van der Waals surface area contributed by atoms with Gasteiger partial charge in [-0.2, -0.15) is 0 Å². The highest BCUT2D eigenvalue weighted by molar-refractivity contribution is 5.97. The summed E-state index contributed by atoms with van der Waals surface area (Å²) in [6, 6.07) is 15.6. The number of amides is 1. The average molecular weight is 395 g/mol. The summed E-state index contributed by atoms with van der Waals surface area (Å²) in [5.74, 6) is 0.567. The van der Waals surface area contributed by atoms with E-state index >= 15 is 0 Å². The molecule has 5 heteroatoms. The first-order chi connectivity index (χ1) is 13.8. The van der Waals surface area contributed by atoms with Crippen LogP contribution in [0.25, 0.3) is 11.1 Å². The lowest BCUT2D eigenvalue weighted by Crippen LogP contribution is -2.33. The molecular weight excluding hydrogens is 364 g/mol. The minimum absolute atomic E-state index is 0.0410. The molecule has 0 bridgehead atoms. The minimum atomic E-state index is -0.667. The maximum Gasteiger partial charge on any atom is 0.251 e. The number of rotatable bonds is 9. The summed E-state index contributed by atoms with van der Waals surface area (Å²) in [4.78, 5) is 17.1. The molecule has 3 rings (SSSR count). The molecule has 3 aromatic rings. The molecule has 0 aliphatic rings. The fourth-order valence-electron chi connectivity index (χ4n) is 3.34. The zero-order chi connectivity index (χ0) is 20.9. The number of aromatic nitrogens is 1. The van der Waals surface area contributed by atoms with E-state index in [1.54, 1.807) is 26.0 Å². The number of nitrogens with one attached hydrogen (secondary N) is 1. The maximum atomic E-state index is 12.6. The van der Waals surface area contributed by atoms with Crippen LogP contribution in [-0.2, 0) is 12.8 Å². The molecule has 0 radical (unpaired) electrons. The standard InChI is InChI=1S/C24H30N2O3/c1-17(8-7-15-24(2,3)28)25-23(27)19-12-13-21-20(16-19)26-22(29-21)14-11-18-9-5-4-6-10-18/h4-6,9-10,12-13,16-17,28H,7-8,11,14-15H2,1-3H3,(H,25,27). The number of hydrogen-bond acceptors (Lipinski definition) is 4. The number of carbonyl (C=O) groups excluding carboxylic acids is 1. The van der Waals surface area contributed by atoms with Crippen molar-refractivity contribution >= 4 is 17.0 Å². The van der Waals surface area contributed by atoms with E-state index in [9.17, 15) is 9.90 Å². The molecule has 2 aromatic carbocycles. The Balaban J connectivity index is 1.58. The van der Waals surface area contributed by atoms with E-state index in [2.05, 4.69) is 22.4 Å². The quantitative estimate of drug-likeness (QED) is 0.553. The molecule has 0 saturated heterocycles. The summed E-state index contributed by atoms with van der Waals surface area (Å²) >= 11 is 0. The SMILES string of the molecule is CC(CCCC(C)(C)O)NC(=O)c1ccc2oc(CCc3ccccc3)nc2c1. The van der Waals surface area contributed by atoms with Crippen LogP contribution in [0.2, 0.25) is 0 Å². The van der Waals surface area contributed by atoms with Gasteiger partial charge in [0.2, 0.25) is 0 Å². The van der Waals surface area contributed by atoms with E-state index in [0.717, 1.165) is 25.7 Å². The first-order valence-electron chi connectivity index (χ1n) is 10.3. The summed E-state index contributed by atoms with van der Waals surface area (Å²) in [5.41, 5.74) is 2.56. The lowest BCUT2D eigenvalue weighted by molar-refractivity contribution is 0.0674. The Morgan fingerprint density at radius 3 is 2.66 bits per heavy atom. The van der Waals surface area contributed by atoms with Crippen LogP contribution in [0.1, 0.15) is 61.8 Å². The predicted octanol–water partition coefficient (Wildman–Crippen LogP) is 4.67. The fraction of sp³-hybridized carbons (Fsp3) is 0.417. The van der Waals surface area contributed by atoms with Gasteiger partial charge in [-0.3, -0.25) is 4.79 Å². The molecule has 1 aromatic heterocycles. The topological polar surface area (TPSA) is 75.4 Å². The highest BCUT2D eigenvalue weighted by Gasteiger charge is 2.15. The first kappa shape index (κ1) is 21.1. The van der Waals surface area contributed by atoms with E-state index in [-0.39, 0.29) is 11.9 Å². The largest absolute Gasteiger partial charge is 0.441 e. The van der Waals surface area contributed by atoms with Crippen molar-refractivity contribution in [2.24, 2.45) is 0 Å². The number of aliphatic hydroxyl groups is 1. The van der Waals surface area contributed by atoms with Crippen molar-refractivity contribution in [1.29, 1.82) is 0 Å². The van der Waals surface area contributed by atoms with Gasteiger partial charge >= 0.3 is 0 Å². The highest BCUT2D eigenvalue weighted by Crippen LogP contribution is 2.19. The van der Waals surface area contributed by atoms with Gasteiger partial charge in [-0.1, -0.05) is 30.3 Å². The molecule has 0 aliphatic carbocycles. The van der Waals surface area contributed by atoms with Crippen LogP contribution >= 0.6 is 0 Å². The normalized spacial score (nSPS) is 12.8. The number of aryl methyl sites for hydroxylation is 2. The van der Waals surface area contributed by atoms with Crippen molar-refractivity contribution in [2.75, 3.05) is 0 Å². The van der Waals surface area contributed by atoms with Gasteiger partial charge < -0.3 is 14.8 Å². The Morgan fingerprint density at radius 1 is 1.17 bits per heavy atom. The molecule has 0 fully saturated rings. The van der Waals surface area contributed by atoms with Gasteiger partial charge in [0.05, 0.1) is 5.60 Å². The van der Waals surface area contributed by atoms with Gasteiger partial charge in [-0.25, -0.2) is 4.98 Å². The van der Waals surface area contributed by atoms with E-state index < -0.39 is 5.60 Å². The van der Waals surface area contributed by atoms with Gasteiger partial charge in [0, 0.05) is 18.0 Å². The number of fused-ring (bicyclic) bond motifs is 1. The lowest BCUT2D eigenvalue weighted by atomic mass is 9.99. The van der Waals surface area contributed by atoms with Crippen molar-refractivity contribution in [3.63, 3.8) is 0 Å². The van der Waals surface area contributed by atoms with E-state index in [4.69, 9.17) is 4.42 Å². The molecule has 1 unspecified atom stereocenters. The van der Waals surface area contributed by atoms with Crippen molar-refractivity contribution in [2.45, 2.75) is 64.5 Å². The van der Waals surface area contributed by atoms with Crippen LogP contribution in [0.3, 0.4) is 0 Å². The Kier molecular flexibility index (Phi) is 6.70. The molecule has 2 N–H and O–H groups in total.